The molecule has 0 aromatic carbocycles. The van der Waals surface area contributed by atoms with Gasteiger partial charge in [0, 0.05) is 0 Å². The molecule has 6 nitrogen and oxygen atoms in total. The Morgan fingerprint density at radius 1 is 1.06 bits per heavy atom. The van der Waals surface area contributed by atoms with Crippen LogP contribution in [0.1, 0.15) is 6.42 Å². The van der Waals surface area contributed by atoms with E-state index in [2.05, 4.69) is 17.9 Å². The molecule has 0 saturated carbocycles. The molecular formula is C9H11F3O6. The van der Waals surface area contributed by atoms with Gasteiger partial charge >= 0.3 is 18.1 Å². The normalized spacial score (nSPS) is 9.72. The van der Waals surface area contributed by atoms with E-state index in [9.17, 15) is 22.8 Å². The predicted octanol–water partition coefficient (Wildman–Crippen LogP) is 1.70. The number of carboxylic acids is 1. The standard InChI is InChI=1S/C6H7F3O3.C3H4O3/c1-4(10)5(11)12-3-2-6(7,8)9;1-2(4)3(5)6/h10H,1-3H2;4H,1H2,(H,5,6). The van der Waals surface area contributed by atoms with Crippen molar-refractivity contribution in [3.05, 3.63) is 24.7 Å². The lowest BCUT2D eigenvalue weighted by Gasteiger charge is -2.05. The van der Waals surface area contributed by atoms with Gasteiger partial charge < -0.3 is 20.1 Å². The fraction of sp³-hybridized carbons (Fsp3) is 0.333. The van der Waals surface area contributed by atoms with Crippen molar-refractivity contribution < 1.29 is 42.8 Å². The summed E-state index contributed by atoms with van der Waals surface area (Å²) in [4.78, 5) is 19.6. The predicted molar refractivity (Wildman–Crippen MR) is 52.8 cm³/mol. The van der Waals surface area contributed by atoms with E-state index in [0.717, 1.165) is 0 Å². The largest absolute Gasteiger partial charge is 0.502 e. The van der Waals surface area contributed by atoms with E-state index in [1.54, 1.807) is 0 Å². The van der Waals surface area contributed by atoms with E-state index < -0.39 is 42.7 Å². The van der Waals surface area contributed by atoms with Crippen LogP contribution < -0.4 is 0 Å². The van der Waals surface area contributed by atoms with Gasteiger partial charge in [-0.1, -0.05) is 0 Å². The summed E-state index contributed by atoms with van der Waals surface area (Å²) in [7, 11) is 0. The monoisotopic (exact) mass is 272 g/mol. The SMILES string of the molecule is C=C(O)C(=O)O.C=C(O)C(=O)OCCC(F)(F)F. The molecule has 0 heterocycles. The first-order valence-corrected chi connectivity index (χ1v) is 4.20. The number of carboxylic acid groups (broad SMARTS) is 1. The van der Waals surface area contributed by atoms with Gasteiger partial charge in [0.15, 0.2) is 11.5 Å². The van der Waals surface area contributed by atoms with Gasteiger partial charge in [0.05, 0.1) is 6.42 Å². The highest BCUT2D eigenvalue weighted by Gasteiger charge is 2.27. The second kappa shape index (κ2) is 7.98. The van der Waals surface area contributed by atoms with Crippen molar-refractivity contribution in [1.82, 2.24) is 0 Å². The van der Waals surface area contributed by atoms with Crippen molar-refractivity contribution in [2.24, 2.45) is 0 Å². The highest BCUT2D eigenvalue weighted by molar-refractivity contribution is 5.84. The van der Waals surface area contributed by atoms with Crippen LogP contribution in [0.4, 0.5) is 13.2 Å². The van der Waals surface area contributed by atoms with Gasteiger partial charge in [-0.25, -0.2) is 9.59 Å². The highest BCUT2D eigenvalue weighted by Crippen LogP contribution is 2.19. The zero-order valence-corrected chi connectivity index (χ0v) is 9.03. The summed E-state index contributed by atoms with van der Waals surface area (Å²) in [5, 5.41) is 23.8. The van der Waals surface area contributed by atoms with E-state index in [1.807, 2.05) is 0 Å². The second-order valence-electron chi connectivity index (χ2n) is 2.70. The van der Waals surface area contributed by atoms with Crippen molar-refractivity contribution in [2.75, 3.05) is 6.61 Å². The third-order valence-corrected chi connectivity index (χ3v) is 1.10. The molecule has 0 aliphatic carbocycles. The summed E-state index contributed by atoms with van der Waals surface area (Å²) < 4.78 is 38.3. The summed E-state index contributed by atoms with van der Waals surface area (Å²) >= 11 is 0. The lowest BCUT2D eigenvalue weighted by atomic mass is 10.4. The Morgan fingerprint density at radius 2 is 1.44 bits per heavy atom. The van der Waals surface area contributed by atoms with E-state index >= 15 is 0 Å². The molecule has 0 aromatic heterocycles. The minimum Gasteiger partial charge on any atom is -0.502 e. The number of alkyl halides is 3. The first-order chi connectivity index (χ1) is 7.97. The maximum absolute atomic E-state index is 11.4. The molecule has 0 aromatic rings. The van der Waals surface area contributed by atoms with Gasteiger partial charge in [0.1, 0.15) is 6.61 Å². The Morgan fingerprint density at radius 3 is 1.67 bits per heavy atom. The quantitative estimate of drug-likeness (QED) is 0.408. The molecule has 3 N–H and O–H groups in total. The van der Waals surface area contributed by atoms with Gasteiger partial charge in [-0.3, -0.25) is 0 Å². The van der Waals surface area contributed by atoms with Crippen LogP contribution >= 0.6 is 0 Å². The third-order valence-electron chi connectivity index (χ3n) is 1.10. The molecule has 0 atom stereocenters. The van der Waals surface area contributed by atoms with Crippen LogP contribution in [0.2, 0.25) is 0 Å². The fourth-order valence-electron chi connectivity index (χ4n) is 0.343. The van der Waals surface area contributed by atoms with Crippen LogP contribution in [-0.4, -0.2) is 40.0 Å². The summed E-state index contributed by atoms with van der Waals surface area (Å²) in [5.41, 5.74) is 0. The van der Waals surface area contributed by atoms with Crippen LogP contribution in [0, 0.1) is 0 Å². The molecule has 0 amide bonds. The molecular weight excluding hydrogens is 261 g/mol. The Balaban J connectivity index is 0. The maximum atomic E-state index is 11.4. The number of aliphatic hydroxyl groups is 2. The van der Waals surface area contributed by atoms with E-state index in [0.29, 0.717) is 0 Å². The topological polar surface area (TPSA) is 104 Å². The van der Waals surface area contributed by atoms with Crippen LogP contribution in [0.3, 0.4) is 0 Å². The first kappa shape index (κ1) is 18.2. The second-order valence-corrected chi connectivity index (χ2v) is 2.70. The Labute approximate surface area is 99.6 Å². The minimum absolute atomic E-state index is 0.804. The van der Waals surface area contributed by atoms with Crippen molar-refractivity contribution in [3.63, 3.8) is 0 Å². The molecule has 18 heavy (non-hydrogen) atoms. The highest BCUT2D eigenvalue weighted by atomic mass is 19.4. The zero-order chi connectivity index (χ0) is 14.9. The molecule has 0 unspecified atom stereocenters. The summed E-state index contributed by atoms with van der Waals surface area (Å²) in [6.07, 6.45) is -5.59. The number of aliphatic hydroxyl groups excluding tert-OH is 2. The molecule has 0 bridgehead atoms. The molecule has 104 valence electrons. The number of rotatable bonds is 4. The summed E-state index contributed by atoms with van der Waals surface area (Å²) in [6, 6.07) is 0. The van der Waals surface area contributed by atoms with Gasteiger partial charge in [-0.05, 0) is 13.2 Å². The summed E-state index contributed by atoms with van der Waals surface area (Å²) in [6.45, 7) is 4.68. The Bertz CT molecular complexity index is 322. The first-order valence-electron chi connectivity index (χ1n) is 4.20. The molecule has 0 spiro atoms. The summed E-state index contributed by atoms with van der Waals surface area (Å²) in [5.74, 6) is -4.35. The average Bonchev–Trinajstić information content (AvgIpc) is 2.16. The molecule has 0 radical (unpaired) electrons. The molecule has 0 saturated heterocycles. The molecule has 0 aliphatic rings. The van der Waals surface area contributed by atoms with E-state index in [1.165, 1.54) is 0 Å². The van der Waals surface area contributed by atoms with Crippen molar-refractivity contribution >= 4 is 11.9 Å². The number of aliphatic carboxylic acids is 1. The van der Waals surface area contributed by atoms with Crippen LogP contribution in [-0.2, 0) is 14.3 Å². The van der Waals surface area contributed by atoms with Crippen LogP contribution in [0.15, 0.2) is 24.7 Å². The van der Waals surface area contributed by atoms with Gasteiger partial charge in [0.2, 0.25) is 0 Å². The van der Waals surface area contributed by atoms with Gasteiger partial charge in [0.25, 0.3) is 0 Å². The number of esters is 1. The smallest absolute Gasteiger partial charge is 0.392 e. The van der Waals surface area contributed by atoms with Crippen LogP contribution in [0.25, 0.3) is 0 Å². The minimum atomic E-state index is -4.36. The number of carbonyl (C=O) groups is 2. The number of halogens is 3. The zero-order valence-electron chi connectivity index (χ0n) is 9.03. The third kappa shape index (κ3) is 13.8. The lowest BCUT2D eigenvalue weighted by Crippen LogP contribution is -2.15. The number of hydrogen-bond acceptors (Lipinski definition) is 5. The Kier molecular flexibility index (Phi) is 8.06. The average molecular weight is 272 g/mol. The number of carbonyl (C=O) groups excluding carboxylic acids is 1. The molecule has 0 fully saturated rings. The van der Waals surface area contributed by atoms with Crippen LogP contribution in [0.5, 0.6) is 0 Å². The molecule has 0 aliphatic heterocycles. The lowest BCUT2D eigenvalue weighted by molar-refractivity contribution is -0.158. The van der Waals surface area contributed by atoms with Crippen molar-refractivity contribution in [1.29, 1.82) is 0 Å². The molecule has 0 rings (SSSR count). The Hall–Kier alpha value is -2.19. The number of hydrogen-bond donors (Lipinski definition) is 3. The van der Waals surface area contributed by atoms with E-state index in [4.69, 9.17) is 15.3 Å². The van der Waals surface area contributed by atoms with Crippen molar-refractivity contribution in [3.8, 4) is 0 Å². The molecule has 9 heteroatoms. The van der Waals surface area contributed by atoms with Crippen molar-refractivity contribution in [2.45, 2.75) is 12.6 Å². The maximum Gasteiger partial charge on any atom is 0.392 e. The number of ether oxygens (including phenoxy) is 1. The van der Waals surface area contributed by atoms with Gasteiger partial charge in [-0.15, -0.1) is 0 Å². The van der Waals surface area contributed by atoms with E-state index in [-0.39, 0.29) is 0 Å². The van der Waals surface area contributed by atoms with Gasteiger partial charge in [-0.2, -0.15) is 13.2 Å². The fourth-order valence-corrected chi connectivity index (χ4v) is 0.343.